The van der Waals surface area contributed by atoms with E-state index in [4.69, 9.17) is 11.6 Å². The topological polar surface area (TPSA) is 32.9 Å². The minimum absolute atomic E-state index is 0.0205. The van der Waals surface area contributed by atoms with Gasteiger partial charge in [-0.25, -0.2) is 0 Å². The van der Waals surface area contributed by atoms with E-state index in [9.17, 15) is 4.79 Å². The Labute approximate surface area is 128 Å². The number of rotatable bonds is 2. The summed E-state index contributed by atoms with van der Waals surface area (Å²) in [7, 11) is 0. The molecule has 0 amide bonds. The van der Waals surface area contributed by atoms with Crippen molar-refractivity contribution in [2.45, 2.75) is 0 Å². The van der Waals surface area contributed by atoms with Crippen LogP contribution >= 0.6 is 34.2 Å². The molecule has 3 rings (SSSR count). The van der Waals surface area contributed by atoms with E-state index < -0.39 is 0 Å². The molecule has 0 fully saturated rings. The Bertz CT molecular complexity index is 779. The van der Waals surface area contributed by atoms with Crippen LogP contribution in [0.25, 0.3) is 10.9 Å². The van der Waals surface area contributed by atoms with Crippen LogP contribution in [0.4, 0.5) is 0 Å². The number of benzene rings is 2. The molecular weight excluding hydrogens is 373 g/mol. The van der Waals surface area contributed by atoms with Gasteiger partial charge in [-0.3, -0.25) is 4.79 Å². The molecule has 1 heterocycles. The van der Waals surface area contributed by atoms with Gasteiger partial charge in [0.2, 0.25) is 0 Å². The number of hydrogen-bond acceptors (Lipinski definition) is 1. The molecule has 2 nitrogen and oxygen atoms in total. The van der Waals surface area contributed by atoms with Crippen molar-refractivity contribution >= 4 is 50.9 Å². The SMILES string of the molecule is O=C(c1cccc(I)c1)c1c[nH]c2cc(Cl)ccc12. The Morgan fingerprint density at radius 3 is 2.79 bits per heavy atom. The van der Waals surface area contributed by atoms with Gasteiger partial charge in [-0.1, -0.05) is 29.8 Å². The molecular formula is C15H9ClINO. The highest BCUT2D eigenvalue weighted by Crippen LogP contribution is 2.24. The van der Waals surface area contributed by atoms with Gasteiger partial charge in [0.05, 0.1) is 0 Å². The van der Waals surface area contributed by atoms with Crippen LogP contribution in [0.3, 0.4) is 0 Å². The number of fused-ring (bicyclic) bond motifs is 1. The molecule has 0 bridgehead atoms. The molecule has 0 aliphatic rings. The normalized spacial score (nSPS) is 10.8. The average Bonchev–Trinajstić information content (AvgIpc) is 2.80. The van der Waals surface area contributed by atoms with Gasteiger partial charge >= 0.3 is 0 Å². The van der Waals surface area contributed by atoms with Gasteiger partial charge in [-0.05, 0) is 46.9 Å². The molecule has 0 saturated heterocycles. The number of carbonyl (C=O) groups is 1. The van der Waals surface area contributed by atoms with Crippen LogP contribution in [0.1, 0.15) is 15.9 Å². The minimum atomic E-state index is 0.0205. The molecule has 0 unspecified atom stereocenters. The van der Waals surface area contributed by atoms with Gasteiger partial charge in [0.25, 0.3) is 0 Å². The molecule has 3 aromatic rings. The third-order valence-corrected chi connectivity index (χ3v) is 3.88. The Kier molecular flexibility index (Phi) is 3.33. The van der Waals surface area contributed by atoms with E-state index in [1.54, 1.807) is 12.3 Å². The Hall–Kier alpha value is -1.33. The molecule has 0 aliphatic heterocycles. The van der Waals surface area contributed by atoms with Crippen LogP contribution in [-0.2, 0) is 0 Å². The number of aromatic nitrogens is 1. The van der Waals surface area contributed by atoms with E-state index in [2.05, 4.69) is 27.6 Å². The highest BCUT2D eigenvalue weighted by atomic mass is 127. The van der Waals surface area contributed by atoms with Gasteiger partial charge in [-0.15, -0.1) is 0 Å². The van der Waals surface area contributed by atoms with Crippen LogP contribution in [0.15, 0.2) is 48.7 Å². The zero-order chi connectivity index (χ0) is 13.4. The minimum Gasteiger partial charge on any atom is -0.360 e. The monoisotopic (exact) mass is 381 g/mol. The molecule has 1 aromatic heterocycles. The van der Waals surface area contributed by atoms with E-state index in [-0.39, 0.29) is 5.78 Å². The van der Waals surface area contributed by atoms with Crippen molar-refractivity contribution in [3.05, 3.63) is 68.4 Å². The standard InChI is InChI=1S/C15H9ClINO/c16-10-4-5-12-13(8-18-14(12)7-10)15(19)9-2-1-3-11(17)6-9/h1-8,18H. The third-order valence-electron chi connectivity index (χ3n) is 2.98. The second kappa shape index (κ2) is 4.98. The summed E-state index contributed by atoms with van der Waals surface area (Å²) in [5.74, 6) is 0.0205. The smallest absolute Gasteiger partial charge is 0.195 e. The predicted molar refractivity (Wildman–Crippen MR) is 85.9 cm³/mol. The first-order valence-corrected chi connectivity index (χ1v) is 7.18. The van der Waals surface area contributed by atoms with Crippen molar-refractivity contribution in [1.29, 1.82) is 0 Å². The summed E-state index contributed by atoms with van der Waals surface area (Å²) >= 11 is 8.14. The molecule has 94 valence electrons. The zero-order valence-corrected chi connectivity index (χ0v) is 12.7. The van der Waals surface area contributed by atoms with E-state index in [0.29, 0.717) is 16.1 Å². The number of nitrogens with one attached hydrogen (secondary N) is 1. The molecule has 2 aromatic carbocycles. The van der Waals surface area contributed by atoms with Crippen LogP contribution in [0.5, 0.6) is 0 Å². The summed E-state index contributed by atoms with van der Waals surface area (Å²) in [6.07, 6.45) is 1.74. The third kappa shape index (κ3) is 2.40. The Balaban J connectivity index is 2.12. The number of halogens is 2. The lowest BCUT2D eigenvalue weighted by Crippen LogP contribution is -2.00. The van der Waals surface area contributed by atoms with Crippen molar-refractivity contribution in [2.75, 3.05) is 0 Å². The van der Waals surface area contributed by atoms with Gasteiger partial charge < -0.3 is 4.98 Å². The lowest BCUT2D eigenvalue weighted by atomic mass is 10.0. The van der Waals surface area contributed by atoms with Crippen LogP contribution in [-0.4, -0.2) is 10.8 Å². The van der Waals surface area contributed by atoms with Gasteiger partial charge in [-0.2, -0.15) is 0 Å². The maximum atomic E-state index is 12.5. The summed E-state index contributed by atoms with van der Waals surface area (Å²) in [6, 6.07) is 13.1. The lowest BCUT2D eigenvalue weighted by molar-refractivity contribution is 0.104. The molecule has 0 spiro atoms. The molecule has 1 N–H and O–H groups in total. The second-order valence-electron chi connectivity index (χ2n) is 4.23. The summed E-state index contributed by atoms with van der Waals surface area (Å²) in [4.78, 5) is 15.6. The highest BCUT2D eigenvalue weighted by Gasteiger charge is 2.14. The van der Waals surface area contributed by atoms with E-state index in [0.717, 1.165) is 14.5 Å². The van der Waals surface area contributed by atoms with E-state index in [1.807, 2.05) is 36.4 Å². The first kappa shape index (κ1) is 12.7. The maximum Gasteiger partial charge on any atom is 0.195 e. The van der Waals surface area contributed by atoms with Crippen molar-refractivity contribution in [3.8, 4) is 0 Å². The fourth-order valence-electron chi connectivity index (χ4n) is 2.07. The molecule has 0 atom stereocenters. The van der Waals surface area contributed by atoms with Crippen molar-refractivity contribution < 1.29 is 4.79 Å². The van der Waals surface area contributed by atoms with Gasteiger partial charge in [0.15, 0.2) is 5.78 Å². The number of hydrogen-bond donors (Lipinski definition) is 1. The van der Waals surface area contributed by atoms with Crippen molar-refractivity contribution in [3.63, 3.8) is 0 Å². The fourth-order valence-corrected chi connectivity index (χ4v) is 2.79. The molecule has 0 aliphatic carbocycles. The first-order chi connectivity index (χ1) is 9.15. The zero-order valence-electron chi connectivity index (χ0n) is 9.78. The quantitative estimate of drug-likeness (QED) is 0.508. The Morgan fingerprint density at radius 1 is 1.16 bits per heavy atom. The fraction of sp³-hybridized carbons (Fsp3) is 0. The largest absolute Gasteiger partial charge is 0.360 e. The van der Waals surface area contributed by atoms with Gasteiger partial charge in [0.1, 0.15) is 0 Å². The summed E-state index contributed by atoms with van der Waals surface area (Å²) in [5, 5.41) is 1.55. The maximum absolute atomic E-state index is 12.5. The molecule has 0 radical (unpaired) electrons. The first-order valence-electron chi connectivity index (χ1n) is 5.72. The second-order valence-corrected chi connectivity index (χ2v) is 5.91. The van der Waals surface area contributed by atoms with Crippen molar-refractivity contribution in [2.24, 2.45) is 0 Å². The average molecular weight is 382 g/mol. The van der Waals surface area contributed by atoms with E-state index in [1.165, 1.54) is 0 Å². The number of aromatic amines is 1. The van der Waals surface area contributed by atoms with Crippen LogP contribution in [0, 0.1) is 3.57 Å². The number of H-pyrrole nitrogens is 1. The van der Waals surface area contributed by atoms with Gasteiger partial charge in [0, 0.05) is 36.8 Å². The van der Waals surface area contributed by atoms with Crippen molar-refractivity contribution in [1.82, 2.24) is 4.98 Å². The number of carbonyl (C=O) groups excluding carboxylic acids is 1. The van der Waals surface area contributed by atoms with Crippen LogP contribution < -0.4 is 0 Å². The summed E-state index contributed by atoms with van der Waals surface area (Å²) < 4.78 is 1.05. The molecule has 19 heavy (non-hydrogen) atoms. The van der Waals surface area contributed by atoms with Crippen LogP contribution in [0.2, 0.25) is 5.02 Å². The van der Waals surface area contributed by atoms with E-state index >= 15 is 0 Å². The highest BCUT2D eigenvalue weighted by molar-refractivity contribution is 14.1. The molecule has 0 saturated carbocycles. The lowest BCUT2D eigenvalue weighted by Gasteiger charge is -2.00. The summed E-state index contributed by atoms with van der Waals surface area (Å²) in [6.45, 7) is 0. The summed E-state index contributed by atoms with van der Waals surface area (Å²) in [5.41, 5.74) is 2.25. The predicted octanol–water partition coefficient (Wildman–Crippen LogP) is 4.66. The number of ketones is 1. The Morgan fingerprint density at radius 2 is 2.00 bits per heavy atom. The molecule has 4 heteroatoms.